The van der Waals surface area contributed by atoms with E-state index in [0.717, 1.165) is 6.54 Å². The molecule has 0 amide bonds. The summed E-state index contributed by atoms with van der Waals surface area (Å²) >= 11 is 4.49. The third-order valence-corrected chi connectivity index (χ3v) is 2.84. The Bertz CT molecular complexity index is 125. The molecular formula is C7H16N2S. The highest BCUT2D eigenvalue weighted by molar-refractivity contribution is 7.81. The molecule has 1 fully saturated rings. The van der Waals surface area contributed by atoms with Crippen molar-refractivity contribution in [2.75, 3.05) is 13.6 Å². The zero-order valence-electron chi connectivity index (χ0n) is 6.89. The summed E-state index contributed by atoms with van der Waals surface area (Å²) in [4.78, 5) is 2.14. The maximum absolute atomic E-state index is 4.49. The van der Waals surface area contributed by atoms with Gasteiger partial charge in [-0.2, -0.15) is 0 Å². The van der Waals surface area contributed by atoms with Crippen molar-refractivity contribution >= 4 is 12.6 Å². The van der Waals surface area contributed by atoms with Crippen LogP contribution in [-0.2, 0) is 0 Å². The van der Waals surface area contributed by atoms with E-state index < -0.39 is 0 Å². The van der Waals surface area contributed by atoms with Crippen LogP contribution < -0.4 is 5.32 Å². The molecule has 1 N–H and O–H groups in total. The topological polar surface area (TPSA) is 15.3 Å². The van der Waals surface area contributed by atoms with E-state index in [-0.39, 0.29) is 4.99 Å². The standard InChI is InChI=1S/C7H16N2S/c1-6-4-5-8-7(2,10)9(6)3/h6,8,10H,4-5H2,1-3H3. The Morgan fingerprint density at radius 2 is 2.30 bits per heavy atom. The molecule has 2 unspecified atom stereocenters. The Morgan fingerprint density at radius 3 is 2.70 bits per heavy atom. The van der Waals surface area contributed by atoms with Crippen LogP contribution in [0, 0.1) is 0 Å². The second-order valence-corrected chi connectivity index (χ2v) is 4.07. The fourth-order valence-electron chi connectivity index (χ4n) is 1.27. The smallest absolute Gasteiger partial charge is 0.113 e. The van der Waals surface area contributed by atoms with Gasteiger partial charge in [0.2, 0.25) is 0 Å². The van der Waals surface area contributed by atoms with E-state index in [1.807, 2.05) is 0 Å². The Labute approximate surface area is 68.4 Å². The van der Waals surface area contributed by atoms with Gasteiger partial charge in [-0.1, -0.05) is 0 Å². The number of hydrogen-bond acceptors (Lipinski definition) is 3. The van der Waals surface area contributed by atoms with Gasteiger partial charge in [0, 0.05) is 6.04 Å². The summed E-state index contributed by atoms with van der Waals surface area (Å²) in [6.45, 7) is 5.40. The number of thiol groups is 1. The van der Waals surface area contributed by atoms with Gasteiger partial charge < -0.3 is 0 Å². The quantitative estimate of drug-likeness (QED) is 0.512. The second-order valence-electron chi connectivity index (χ2n) is 3.20. The first-order chi connectivity index (χ1) is 4.54. The monoisotopic (exact) mass is 160 g/mol. The molecule has 0 aromatic heterocycles. The lowest BCUT2D eigenvalue weighted by Crippen LogP contribution is -2.59. The zero-order valence-corrected chi connectivity index (χ0v) is 7.78. The highest BCUT2D eigenvalue weighted by atomic mass is 32.1. The lowest BCUT2D eigenvalue weighted by Gasteiger charge is -2.44. The van der Waals surface area contributed by atoms with E-state index in [1.165, 1.54) is 6.42 Å². The molecule has 60 valence electrons. The van der Waals surface area contributed by atoms with Gasteiger partial charge in [-0.15, -0.1) is 12.6 Å². The molecule has 1 heterocycles. The van der Waals surface area contributed by atoms with Gasteiger partial charge in [0.25, 0.3) is 0 Å². The van der Waals surface area contributed by atoms with Crippen molar-refractivity contribution in [3.8, 4) is 0 Å². The highest BCUT2D eigenvalue weighted by Gasteiger charge is 2.31. The van der Waals surface area contributed by atoms with E-state index in [0.29, 0.717) is 6.04 Å². The van der Waals surface area contributed by atoms with Crippen LogP contribution in [0.1, 0.15) is 20.3 Å². The number of rotatable bonds is 0. The van der Waals surface area contributed by atoms with Crippen LogP contribution in [0.3, 0.4) is 0 Å². The van der Waals surface area contributed by atoms with Gasteiger partial charge in [-0.25, -0.2) is 0 Å². The van der Waals surface area contributed by atoms with Crippen molar-refractivity contribution < 1.29 is 0 Å². The summed E-state index contributed by atoms with van der Waals surface area (Å²) in [5, 5.41) is 3.33. The molecule has 1 saturated heterocycles. The molecule has 3 heteroatoms. The lowest BCUT2D eigenvalue weighted by atomic mass is 10.1. The van der Waals surface area contributed by atoms with Crippen LogP contribution in [0.15, 0.2) is 0 Å². The Hall–Kier alpha value is 0.270. The minimum atomic E-state index is -0.113. The van der Waals surface area contributed by atoms with Crippen LogP contribution in [0.25, 0.3) is 0 Å². The molecule has 2 nitrogen and oxygen atoms in total. The highest BCUT2D eigenvalue weighted by Crippen LogP contribution is 2.22. The fourth-order valence-corrected chi connectivity index (χ4v) is 1.57. The number of nitrogens with zero attached hydrogens (tertiary/aromatic N) is 1. The molecule has 0 spiro atoms. The van der Waals surface area contributed by atoms with Gasteiger partial charge >= 0.3 is 0 Å². The molecule has 10 heavy (non-hydrogen) atoms. The number of hydrogen-bond donors (Lipinski definition) is 2. The molecule has 2 atom stereocenters. The molecule has 0 bridgehead atoms. The Balaban J connectivity index is 2.60. The van der Waals surface area contributed by atoms with Crippen LogP contribution >= 0.6 is 12.6 Å². The molecule has 0 radical (unpaired) electrons. The largest absolute Gasteiger partial charge is 0.291 e. The summed E-state index contributed by atoms with van der Waals surface area (Å²) in [5.41, 5.74) is 0. The molecule has 1 aliphatic heterocycles. The number of nitrogens with one attached hydrogen (secondary N) is 1. The summed E-state index contributed by atoms with van der Waals surface area (Å²) in [6.07, 6.45) is 1.21. The van der Waals surface area contributed by atoms with Crippen molar-refractivity contribution in [3.05, 3.63) is 0 Å². The summed E-state index contributed by atoms with van der Waals surface area (Å²) in [5.74, 6) is 0. The Morgan fingerprint density at radius 1 is 1.70 bits per heavy atom. The van der Waals surface area contributed by atoms with Gasteiger partial charge in [-0.3, -0.25) is 10.2 Å². The van der Waals surface area contributed by atoms with E-state index in [9.17, 15) is 0 Å². The van der Waals surface area contributed by atoms with Crippen molar-refractivity contribution in [1.82, 2.24) is 10.2 Å². The molecule has 0 saturated carbocycles. The molecule has 1 aliphatic rings. The minimum absolute atomic E-state index is 0.113. The average Bonchev–Trinajstić information content (AvgIpc) is 1.83. The maximum atomic E-state index is 4.49. The van der Waals surface area contributed by atoms with E-state index in [4.69, 9.17) is 0 Å². The van der Waals surface area contributed by atoms with Crippen LogP contribution in [0.5, 0.6) is 0 Å². The first-order valence-corrected chi connectivity index (χ1v) is 4.19. The summed E-state index contributed by atoms with van der Waals surface area (Å²) < 4.78 is 0. The Kier molecular flexibility index (Phi) is 2.28. The van der Waals surface area contributed by atoms with Crippen molar-refractivity contribution in [1.29, 1.82) is 0 Å². The van der Waals surface area contributed by atoms with Gasteiger partial charge in [0.15, 0.2) is 0 Å². The molecule has 0 aromatic rings. The molecule has 0 aliphatic carbocycles. The van der Waals surface area contributed by atoms with E-state index >= 15 is 0 Å². The maximum Gasteiger partial charge on any atom is 0.113 e. The fraction of sp³-hybridized carbons (Fsp3) is 1.00. The van der Waals surface area contributed by atoms with Crippen LogP contribution in [-0.4, -0.2) is 29.5 Å². The third-order valence-electron chi connectivity index (χ3n) is 2.37. The van der Waals surface area contributed by atoms with Crippen molar-refractivity contribution in [2.24, 2.45) is 0 Å². The van der Waals surface area contributed by atoms with Gasteiger partial charge in [-0.05, 0) is 33.9 Å². The van der Waals surface area contributed by atoms with Crippen LogP contribution in [0.2, 0.25) is 0 Å². The first-order valence-electron chi connectivity index (χ1n) is 3.74. The van der Waals surface area contributed by atoms with E-state index in [1.54, 1.807) is 0 Å². The minimum Gasteiger partial charge on any atom is -0.291 e. The van der Waals surface area contributed by atoms with Gasteiger partial charge in [0.1, 0.15) is 4.99 Å². The molecular weight excluding hydrogens is 144 g/mol. The average molecular weight is 160 g/mol. The second kappa shape index (κ2) is 2.72. The third kappa shape index (κ3) is 1.47. The molecule has 1 rings (SSSR count). The van der Waals surface area contributed by atoms with Crippen molar-refractivity contribution in [2.45, 2.75) is 31.3 Å². The van der Waals surface area contributed by atoms with Crippen molar-refractivity contribution in [3.63, 3.8) is 0 Å². The SMILES string of the molecule is CC1CCNC(C)(S)N1C. The first kappa shape index (κ1) is 8.37. The summed E-state index contributed by atoms with van der Waals surface area (Å²) in [6, 6.07) is 0.642. The summed E-state index contributed by atoms with van der Waals surface area (Å²) in [7, 11) is 2.10. The normalized spacial score (nSPS) is 43.8. The van der Waals surface area contributed by atoms with E-state index in [2.05, 4.69) is 43.7 Å². The lowest BCUT2D eigenvalue weighted by molar-refractivity contribution is 0.0988. The predicted octanol–water partition coefficient (Wildman–Crippen LogP) is 0.903. The molecule has 0 aromatic carbocycles. The zero-order chi connectivity index (χ0) is 7.78. The van der Waals surface area contributed by atoms with Crippen LogP contribution in [0.4, 0.5) is 0 Å². The predicted molar refractivity (Wildman–Crippen MR) is 47.2 cm³/mol. The van der Waals surface area contributed by atoms with Gasteiger partial charge in [0.05, 0.1) is 0 Å².